The SMILES string of the molecule is CCC(=O)Nc1c(C)noc1/C=C\c1ccc(S(=O)(=O)Nc2cccc(F)c2)cc1. The number of aryl methyl sites for hydroxylation is 1. The Hall–Kier alpha value is -3.46. The first kappa shape index (κ1) is 21.3. The van der Waals surface area contributed by atoms with Crippen molar-refractivity contribution in [3.05, 3.63) is 71.4 Å². The number of halogens is 1. The van der Waals surface area contributed by atoms with Gasteiger partial charge in [0, 0.05) is 6.42 Å². The van der Waals surface area contributed by atoms with Crippen LogP contribution in [-0.4, -0.2) is 19.5 Å². The number of hydrogen-bond donors (Lipinski definition) is 2. The number of anilines is 2. The standard InChI is InChI=1S/C21H20FN3O4S/c1-3-20(26)23-21-14(2)24-29-19(21)12-9-15-7-10-18(11-8-15)30(27,28)25-17-6-4-5-16(22)13-17/h4-13,25H,3H2,1-2H3,(H,23,26)/b12-9-. The van der Waals surface area contributed by atoms with Crippen LogP contribution in [0.15, 0.2) is 57.9 Å². The predicted molar refractivity (Wildman–Crippen MR) is 113 cm³/mol. The van der Waals surface area contributed by atoms with Gasteiger partial charge >= 0.3 is 0 Å². The second kappa shape index (κ2) is 8.91. The zero-order valence-corrected chi connectivity index (χ0v) is 17.2. The lowest BCUT2D eigenvalue weighted by atomic mass is 10.2. The van der Waals surface area contributed by atoms with Crippen LogP contribution >= 0.6 is 0 Å². The van der Waals surface area contributed by atoms with E-state index in [-0.39, 0.29) is 16.5 Å². The molecule has 3 aromatic rings. The number of aromatic nitrogens is 1. The molecule has 1 heterocycles. The van der Waals surface area contributed by atoms with E-state index in [1.807, 2.05) is 0 Å². The molecule has 1 amide bonds. The van der Waals surface area contributed by atoms with E-state index in [0.29, 0.717) is 29.1 Å². The predicted octanol–water partition coefficient (Wildman–Crippen LogP) is 4.44. The Kier molecular flexibility index (Phi) is 6.31. The largest absolute Gasteiger partial charge is 0.354 e. The molecule has 0 aliphatic rings. The van der Waals surface area contributed by atoms with Crippen molar-refractivity contribution in [2.45, 2.75) is 25.2 Å². The lowest BCUT2D eigenvalue weighted by Crippen LogP contribution is -2.12. The number of carbonyl (C=O) groups excluding carboxylic acids is 1. The van der Waals surface area contributed by atoms with E-state index in [1.54, 1.807) is 38.1 Å². The van der Waals surface area contributed by atoms with Crippen LogP contribution in [0, 0.1) is 12.7 Å². The minimum atomic E-state index is -3.85. The number of hydrogen-bond acceptors (Lipinski definition) is 5. The zero-order chi connectivity index (χ0) is 21.7. The van der Waals surface area contributed by atoms with Gasteiger partial charge in [-0.05, 0) is 48.9 Å². The molecular formula is C21H20FN3O4S. The molecule has 156 valence electrons. The highest BCUT2D eigenvalue weighted by Gasteiger charge is 2.15. The highest BCUT2D eigenvalue weighted by Crippen LogP contribution is 2.23. The smallest absolute Gasteiger partial charge is 0.261 e. The molecule has 0 atom stereocenters. The van der Waals surface area contributed by atoms with Crippen LogP contribution in [0.3, 0.4) is 0 Å². The van der Waals surface area contributed by atoms with Crippen LogP contribution < -0.4 is 10.0 Å². The third kappa shape index (κ3) is 5.12. The zero-order valence-electron chi connectivity index (χ0n) is 16.3. The maximum absolute atomic E-state index is 13.3. The summed E-state index contributed by atoms with van der Waals surface area (Å²) in [6.45, 7) is 3.46. The van der Waals surface area contributed by atoms with Crippen LogP contribution in [-0.2, 0) is 14.8 Å². The van der Waals surface area contributed by atoms with Gasteiger partial charge in [-0.25, -0.2) is 12.8 Å². The summed E-state index contributed by atoms with van der Waals surface area (Å²) in [5.74, 6) is -0.303. The summed E-state index contributed by atoms with van der Waals surface area (Å²) in [4.78, 5) is 11.7. The molecule has 7 nitrogen and oxygen atoms in total. The molecule has 0 saturated carbocycles. The Morgan fingerprint density at radius 1 is 1.17 bits per heavy atom. The van der Waals surface area contributed by atoms with Crippen molar-refractivity contribution in [1.29, 1.82) is 0 Å². The molecule has 0 spiro atoms. The summed E-state index contributed by atoms with van der Waals surface area (Å²) in [6.07, 6.45) is 3.67. The number of rotatable bonds is 7. The molecule has 2 N–H and O–H groups in total. The van der Waals surface area contributed by atoms with Gasteiger partial charge in [0.05, 0.1) is 10.6 Å². The van der Waals surface area contributed by atoms with Gasteiger partial charge in [-0.1, -0.05) is 36.4 Å². The van der Waals surface area contributed by atoms with Gasteiger partial charge < -0.3 is 9.84 Å². The molecule has 0 aliphatic heterocycles. The molecule has 30 heavy (non-hydrogen) atoms. The number of nitrogens with zero attached hydrogens (tertiary/aromatic N) is 1. The molecule has 0 saturated heterocycles. The highest BCUT2D eigenvalue weighted by atomic mass is 32.2. The fraction of sp³-hybridized carbons (Fsp3) is 0.143. The lowest BCUT2D eigenvalue weighted by molar-refractivity contribution is -0.115. The molecule has 9 heteroatoms. The third-order valence-corrected chi connectivity index (χ3v) is 5.57. The van der Waals surface area contributed by atoms with Gasteiger partial charge in [0.25, 0.3) is 10.0 Å². The van der Waals surface area contributed by atoms with E-state index in [0.717, 1.165) is 6.07 Å². The summed E-state index contributed by atoms with van der Waals surface area (Å²) in [7, 11) is -3.85. The summed E-state index contributed by atoms with van der Waals surface area (Å²) < 4.78 is 45.8. The van der Waals surface area contributed by atoms with Crippen molar-refractivity contribution in [2.75, 3.05) is 10.0 Å². The number of nitrogens with one attached hydrogen (secondary N) is 2. The average Bonchev–Trinajstić information content (AvgIpc) is 3.05. The van der Waals surface area contributed by atoms with Crippen molar-refractivity contribution >= 4 is 39.5 Å². The number of benzene rings is 2. The van der Waals surface area contributed by atoms with E-state index < -0.39 is 15.8 Å². The fourth-order valence-electron chi connectivity index (χ4n) is 2.58. The summed E-state index contributed by atoms with van der Waals surface area (Å²) >= 11 is 0. The molecule has 0 fully saturated rings. The van der Waals surface area contributed by atoms with Crippen molar-refractivity contribution in [1.82, 2.24) is 5.16 Å². The molecular weight excluding hydrogens is 409 g/mol. The normalized spacial score (nSPS) is 11.6. The van der Waals surface area contributed by atoms with Crippen LogP contribution in [0.2, 0.25) is 0 Å². The van der Waals surface area contributed by atoms with Gasteiger partial charge in [0.2, 0.25) is 5.91 Å². The van der Waals surface area contributed by atoms with Gasteiger partial charge in [-0.15, -0.1) is 0 Å². The first-order valence-corrected chi connectivity index (χ1v) is 10.6. The average molecular weight is 429 g/mol. The second-order valence-corrected chi connectivity index (χ2v) is 8.11. The minimum Gasteiger partial charge on any atom is -0.354 e. The first-order chi connectivity index (χ1) is 14.3. The molecule has 1 aromatic heterocycles. The molecule has 0 radical (unpaired) electrons. The van der Waals surface area contributed by atoms with Crippen LogP contribution in [0.1, 0.15) is 30.4 Å². The van der Waals surface area contributed by atoms with Crippen LogP contribution in [0.4, 0.5) is 15.8 Å². The molecule has 3 rings (SSSR count). The van der Waals surface area contributed by atoms with E-state index in [1.165, 1.54) is 30.3 Å². The molecule has 2 aromatic carbocycles. The molecule has 0 unspecified atom stereocenters. The van der Waals surface area contributed by atoms with Gasteiger partial charge in [0.1, 0.15) is 17.2 Å². The van der Waals surface area contributed by atoms with E-state index >= 15 is 0 Å². The Balaban J connectivity index is 1.75. The number of sulfonamides is 1. The topological polar surface area (TPSA) is 101 Å². The highest BCUT2D eigenvalue weighted by molar-refractivity contribution is 7.92. The fourth-order valence-corrected chi connectivity index (χ4v) is 3.63. The maximum atomic E-state index is 13.3. The minimum absolute atomic E-state index is 0.0373. The second-order valence-electron chi connectivity index (χ2n) is 6.43. The van der Waals surface area contributed by atoms with Crippen molar-refractivity contribution in [3.8, 4) is 0 Å². The quantitative estimate of drug-likeness (QED) is 0.578. The lowest BCUT2D eigenvalue weighted by Gasteiger charge is -2.08. The maximum Gasteiger partial charge on any atom is 0.261 e. The van der Waals surface area contributed by atoms with E-state index in [2.05, 4.69) is 15.2 Å². The molecule has 0 bridgehead atoms. The Bertz CT molecular complexity index is 1190. The Morgan fingerprint density at radius 3 is 2.57 bits per heavy atom. The Morgan fingerprint density at radius 2 is 1.90 bits per heavy atom. The Labute approximate surface area is 173 Å². The van der Waals surface area contributed by atoms with Crippen molar-refractivity contribution < 1.29 is 22.1 Å². The third-order valence-electron chi connectivity index (χ3n) is 4.17. The first-order valence-electron chi connectivity index (χ1n) is 9.11. The van der Waals surface area contributed by atoms with Gasteiger partial charge in [0.15, 0.2) is 5.76 Å². The van der Waals surface area contributed by atoms with Gasteiger partial charge in [-0.2, -0.15) is 0 Å². The van der Waals surface area contributed by atoms with E-state index in [4.69, 9.17) is 4.52 Å². The van der Waals surface area contributed by atoms with Crippen molar-refractivity contribution in [3.63, 3.8) is 0 Å². The van der Waals surface area contributed by atoms with Crippen LogP contribution in [0.25, 0.3) is 12.2 Å². The summed E-state index contributed by atoms with van der Waals surface area (Å²) in [6, 6.07) is 11.3. The monoisotopic (exact) mass is 429 g/mol. The van der Waals surface area contributed by atoms with Gasteiger partial charge in [-0.3, -0.25) is 9.52 Å². The van der Waals surface area contributed by atoms with E-state index in [9.17, 15) is 17.6 Å². The van der Waals surface area contributed by atoms with Crippen molar-refractivity contribution in [2.24, 2.45) is 0 Å². The summed E-state index contributed by atoms with van der Waals surface area (Å²) in [5.41, 5.74) is 1.90. The van der Waals surface area contributed by atoms with Crippen LogP contribution in [0.5, 0.6) is 0 Å². The molecule has 0 aliphatic carbocycles. The number of amides is 1. The number of carbonyl (C=O) groups is 1. The summed E-state index contributed by atoms with van der Waals surface area (Å²) in [5, 5.41) is 6.59.